The number of carbonyl (C=O) groups is 2. The Bertz CT molecular complexity index is 502. The van der Waals surface area contributed by atoms with Crippen molar-refractivity contribution in [1.82, 2.24) is 0 Å². The van der Waals surface area contributed by atoms with E-state index >= 15 is 0 Å². The summed E-state index contributed by atoms with van der Waals surface area (Å²) in [6, 6.07) is 5.59. The number of aliphatic carboxylic acids is 1. The summed E-state index contributed by atoms with van der Waals surface area (Å²) < 4.78 is 42.6. The number of carboxylic acid groups (broad SMARTS) is 1. The minimum atomic E-state index is -5.10. The van der Waals surface area contributed by atoms with Crippen LogP contribution in [-0.4, -0.2) is 36.8 Å². The molecule has 0 saturated carbocycles. The molecule has 1 aromatic rings. The van der Waals surface area contributed by atoms with Gasteiger partial charge in [-0.05, 0) is 12.1 Å². The van der Waals surface area contributed by atoms with E-state index in [1.807, 2.05) is 0 Å². The summed E-state index contributed by atoms with van der Waals surface area (Å²) >= 11 is 0. The lowest BCUT2D eigenvalue weighted by molar-refractivity contribution is -0.170. The Labute approximate surface area is 112 Å². The number of carbonyl (C=O) groups excluding carboxylic acids is 1. The van der Waals surface area contributed by atoms with E-state index in [0.29, 0.717) is 4.90 Å². The molecule has 1 amide bonds. The number of amides is 1. The Morgan fingerprint density at radius 1 is 1.30 bits per heavy atom. The van der Waals surface area contributed by atoms with Crippen molar-refractivity contribution in [3.8, 4) is 5.75 Å². The monoisotopic (exact) mass is 291 g/mol. The fourth-order valence-corrected chi connectivity index (χ4v) is 1.54. The highest BCUT2D eigenvalue weighted by Crippen LogP contribution is 2.31. The quantitative estimate of drug-likeness (QED) is 0.901. The number of carboxylic acids is 1. The summed E-state index contributed by atoms with van der Waals surface area (Å²) in [5, 5.41) is 8.57. The zero-order chi connectivity index (χ0) is 15.3. The van der Waals surface area contributed by atoms with E-state index in [1.54, 1.807) is 0 Å². The standard InChI is InChI=1S/C12H12F3NO4/c1-20-9-5-3-2-4-8(9)16(7-6-10(17)18)11(19)12(13,14)15/h2-5H,6-7H2,1H3,(H,17,18). The normalized spacial score (nSPS) is 11.0. The smallest absolute Gasteiger partial charge is 0.471 e. The van der Waals surface area contributed by atoms with Crippen molar-refractivity contribution < 1.29 is 32.6 Å². The van der Waals surface area contributed by atoms with Gasteiger partial charge in [0.15, 0.2) is 0 Å². The Hall–Kier alpha value is -2.25. The molecule has 5 nitrogen and oxygen atoms in total. The maximum absolute atomic E-state index is 12.6. The Morgan fingerprint density at radius 2 is 1.90 bits per heavy atom. The van der Waals surface area contributed by atoms with E-state index < -0.39 is 31.0 Å². The second-order valence-corrected chi connectivity index (χ2v) is 3.77. The fourth-order valence-electron chi connectivity index (χ4n) is 1.54. The van der Waals surface area contributed by atoms with E-state index in [2.05, 4.69) is 0 Å². The number of para-hydroxylation sites is 2. The van der Waals surface area contributed by atoms with Crippen LogP contribution in [0.2, 0.25) is 0 Å². The fraction of sp³-hybridized carbons (Fsp3) is 0.333. The average molecular weight is 291 g/mol. The van der Waals surface area contributed by atoms with E-state index in [4.69, 9.17) is 9.84 Å². The third-order valence-corrected chi connectivity index (χ3v) is 2.41. The van der Waals surface area contributed by atoms with E-state index in [0.717, 1.165) is 0 Å². The minimum absolute atomic E-state index is 0.0514. The molecule has 0 aromatic heterocycles. The average Bonchev–Trinajstić information content (AvgIpc) is 2.37. The first kappa shape index (κ1) is 15.8. The number of hydrogen-bond acceptors (Lipinski definition) is 3. The van der Waals surface area contributed by atoms with Crippen LogP contribution in [0.25, 0.3) is 0 Å². The Kier molecular flexibility index (Phi) is 4.95. The third-order valence-electron chi connectivity index (χ3n) is 2.41. The van der Waals surface area contributed by atoms with Crippen LogP contribution in [0.5, 0.6) is 5.75 Å². The summed E-state index contributed by atoms with van der Waals surface area (Å²) in [5.74, 6) is -3.39. The minimum Gasteiger partial charge on any atom is -0.495 e. The molecule has 110 valence electrons. The Morgan fingerprint density at radius 3 is 2.40 bits per heavy atom. The van der Waals surface area contributed by atoms with Crippen LogP contribution >= 0.6 is 0 Å². The van der Waals surface area contributed by atoms with Crippen molar-refractivity contribution in [2.75, 3.05) is 18.6 Å². The highest BCUT2D eigenvalue weighted by Gasteiger charge is 2.43. The van der Waals surface area contributed by atoms with Crippen molar-refractivity contribution in [1.29, 1.82) is 0 Å². The van der Waals surface area contributed by atoms with E-state index in [1.165, 1.54) is 31.4 Å². The molecule has 0 radical (unpaired) electrons. The van der Waals surface area contributed by atoms with Crippen LogP contribution in [0.1, 0.15) is 6.42 Å². The second-order valence-electron chi connectivity index (χ2n) is 3.77. The molecule has 0 saturated heterocycles. The molecule has 0 atom stereocenters. The number of alkyl halides is 3. The van der Waals surface area contributed by atoms with Gasteiger partial charge in [0.05, 0.1) is 19.2 Å². The largest absolute Gasteiger partial charge is 0.495 e. The Balaban J connectivity index is 3.16. The second kappa shape index (κ2) is 6.27. The molecular weight excluding hydrogens is 279 g/mol. The maximum atomic E-state index is 12.6. The molecule has 0 aliphatic heterocycles. The molecule has 0 fully saturated rings. The molecule has 8 heteroatoms. The predicted octanol–water partition coefficient (Wildman–Crippen LogP) is 2.07. The third kappa shape index (κ3) is 3.87. The van der Waals surface area contributed by atoms with Gasteiger partial charge in [0, 0.05) is 6.54 Å². The number of halogens is 3. The molecular formula is C12H12F3NO4. The van der Waals surface area contributed by atoms with Crippen molar-refractivity contribution in [3.63, 3.8) is 0 Å². The summed E-state index contributed by atoms with van der Waals surface area (Å²) in [6.07, 6.45) is -5.71. The first-order valence-electron chi connectivity index (χ1n) is 5.51. The summed E-state index contributed by atoms with van der Waals surface area (Å²) in [4.78, 5) is 22.3. The van der Waals surface area contributed by atoms with Gasteiger partial charge in [-0.15, -0.1) is 0 Å². The maximum Gasteiger partial charge on any atom is 0.471 e. The van der Waals surface area contributed by atoms with E-state index in [-0.39, 0.29) is 11.4 Å². The number of benzene rings is 1. The zero-order valence-electron chi connectivity index (χ0n) is 10.5. The van der Waals surface area contributed by atoms with Gasteiger partial charge in [-0.2, -0.15) is 13.2 Å². The highest BCUT2D eigenvalue weighted by molar-refractivity contribution is 5.98. The number of anilines is 1. The lowest BCUT2D eigenvalue weighted by Crippen LogP contribution is -2.42. The van der Waals surface area contributed by atoms with Gasteiger partial charge in [-0.3, -0.25) is 9.59 Å². The number of hydrogen-bond donors (Lipinski definition) is 1. The van der Waals surface area contributed by atoms with Crippen LogP contribution in [0.15, 0.2) is 24.3 Å². The molecule has 1 N–H and O–H groups in total. The first-order valence-corrected chi connectivity index (χ1v) is 5.51. The summed E-state index contributed by atoms with van der Waals surface area (Å²) in [7, 11) is 1.24. The predicted molar refractivity (Wildman–Crippen MR) is 63.7 cm³/mol. The number of ether oxygens (including phenoxy) is 1. The van der Waals surface area contributed by atoms with Gasteiger partial charge in [0.1, 0.15) is 5.75 Å². The molecule has 0 bridgehead atoms. The van der Waals surface area contributed by atoms with Gasteiger partial charge in [0.2, 0.25) is 0 Å². The SMILES string of the molecule is COc1ccccc1N(CCC(=O)O)C(=O)C(F)(F)F. The molecule has 0 aliphatic rings. The van der Waals surface area contributed by atoms with Crippen molar-refractivity contribution in [2.45, 2.75) is 12.6 Å². The van der Waals surface area contributed by atoms with Gasteiger partial charge >= 0.3 is 18.1 Å². The van der Waals surface area contributed by atoms with Crippen LogP contribution in [0.3, 0.4) is 0 Å². The van der Waals surface area contributed by atoms with Crippen molar-refractivity contribution >= 4 is 17.6 Å². The molecule has 20 heavy (non-hydrogen) atoms. The molecule has 0 unspecified atom stereocenters. The van der Waals surface area contributed by atoms with Crippen LogP contribution in [0.4, 0.5) is 18.9 Å². The van der Waals surface area contributed by atoms with Crippen LogP contribution in [0, 0.1) is 0 Å². The summed E-state index contributed by atoms with van der Waals surface area (Å²) in [5.41, 5.74) is -0.126. The molecule has 1 rings (SSSR count). The molecule has 1 aromatic carbocycles. The molecule has 0 spiro atoms. The van der Waals surface area contributed by atoms with Crippen molar-refractivity contribution in [3.05, 3.63) is 24.3 Å². The van der Waals surface area contributed by atoms with Gasteiger partial charge in [0.25, 0.3) is 0 Å². The topological polar surface area (TPSA) is 66.8 Å². The van der Waals surface area contributed by atoms with Gasteiger partial charge in [-0.1, -0.05) is 12.1 Å². The van der Waals surface area contributed by atoms with Gasteiger partial charge < -0.3 is 14.7 Å². The number of methoxy groups -OCH3 is 1. The molecule has 0 aliphatic carbocycles. The van der Waals surface area contributed by atoms with Crippen LogP contribution in [-0.2, 0) is 9.59 Å². The lowest BCUT2D eigenvalue weighted by Gasteiger charge is -2.24. The molecule has 0 heterocycles. The van der Waals surface area contributed by atoms with Crippen LogP contribution < -0.4 is 9.64 Å². The number of rotatable bonds is 5. The van der Waals surface area contributed by atoms with Crippen molar-refractivity contribution in [2.24, 2.45) is 0 Å². The summed E-state index contributed by atoms with van der Waals surface area (Å²) in [6.45, 7) is -0.603. The van der Waals surface area contributed by atoms with E-state index in [9.17, 15) is 22.8 Å². The number of nitrogens with zero attached hydrogens (tertiary/aromatic N) is 1. The van der Waals surface area contributed by atoms with Gasteiger partial charge in [-0.25, -0.2) is 0 Å². The highest BCUT2D eigenvalue weighted by atomic mass is 19.4. The zero-order valence-corrected chi connectivity index (χ0v) is 10.5. The first-order chi connectivity index (χ1) is 9.27. The lowest BCUT2D eigenvalue weighted by atomic mass is 10.2.